The fourth-order valence-corrected chi connectivity index (χ4v) is 0.920. The van der Waals surface area contributed by atoms with Crippen LogP contribution in [0.1, 0.15) is 6.92 Å². The fraction of sp³-hybridized carbons (Fsp3) is 0.833. The van der Waals surface area contributed by atoms with E-state index in [4.69, 9.17) is 0 Å². The lowest BCUT2D eigenvalue weighted by atomic mass is 10.6. The van der Waals surface area contributed by atoms with E-state index in [1.165, 1.54) is 13.1 Å². The minimum Gasteiger partial charge on any atom is -0.287 e. The average Bonchev–Trinajstić information content (AvgIpc) is 2.14. The molecule has 1 aliphatic heterocycles. The Morgan fingerprint density at radius 2 is 2.25 bits per heavy atom. The molecule has 1 radical (unpaired) electrons. The van der Waals surface area contributed by atoms with Crippen molar-refractivity contribution in [2.45, 2.75) is 6.92 Å². The Labute approximate surface area is 51.1 Å². The van der Waals surface area contributed by atoms with Gasteiger partial charge in [0.1, 0.15) is 0 Å². The van der Waals surface area contributed by atoms with Crippen LogP contribution in [0.3, 0.4) is 0 Å². The van der Waals surface area contributed by atoms with Gasteiger partial charge in [-0.15, -0.1) is 0 Å². The molecule has 0 aliphatic carbocycles. The highest BCUT2D eigenvalue weighted by Crippen LogP contribution is 2.04. The molecule has 0 aromatic carbocycles. The summed E-state index contributed by atoms with van der Waals surface area (Å²) >= 11 is 0. The highest BCUT2D eigenvalue weighted by atomic mass is 15.4. The van der Waals surface area contributed by atoms with E-state index in [0.717, 1.165) is 6.54 Å². The van der Waals surface area contributed by atoms with Crippen molar-refractivity contribution in [2.75, 3.05) is 26.7 Å². The van der Waals surface area contributed by atoms with Crippen LogP contribution >= 0.6 is 0 Å². The monoisotopic (exact) mass is 113 g/mol. The summed E-state index contributed by atoms with van der Waals surface area (Å²) in [5, 5.41) is 0. The quantitative estimate of drug-likeness (QED) is 0.485. The molecule has 0 spiro atoms. The first kappa shape index (κ1) is 6.05. The summed E-state index contributed by atoms with van der Waals surface area (Å²) in [6.07, 6.45) is 0. The maximum Gasteiger partial charge on any atom is 0.0919 e. The van der Waals surface area contributed by atoms with Crippen LogP contribution in [0.4, 0.5) is 0 Å². The minimum absolute atomic E-state index is 1.14. The Morgan fingerprint density at radius 3 is 2.50 bits per heavy atom. The van der Waals surface area contributed by atoms with E-state index in [0.29, 0.717) is 0 Å². The van der Waals surface area contributed by atoms with Crippen molar-refractivity contribution in [2.24, 2.45) is 0 Å². The molecule has 1 aliphatic rings. The number of hydrogen-bond donors (Lipinski definition) is 0. The largest absolute Gasteiger partial charge is 0.287 e. The summed E-state index contributed by atoms with van der Waals surface area (Å²) in [7, 11) is 2.11. The van der Waals surface area contributed by atoms with Crippen molar-refractivity contribution in [3.63, 3.8) is 0 Å². The zero-order valence-corrected chi connectivity index (χ0v) is 5.59. The van der Waals surface area contributed by atoms with Gasteiger partial charge in [-0.1, -0.05) is 6.92 Å². The third-order valence-corrected chi connectivity index (χ3v) is 1.51. The molecule has 1 rings (SSSR count). The molecule has 0 unspecified atom stereocenters. The third-order valence-electron chi connectivity index (χ3n) is 1.51. The Balaban J connectivity index is 2.22. The predicted molar refractivity (Wildman–Crippen MR) is 34.2 cm³/mol. The Hall–Kier alpha value is -0.0800. The van der Waals surface area contributed by atoms with Crippen molar-refractivity contribution in [1.29, 1.82) is 0 Å². The third kappa shape index (κ3) is 1.20. The van der Waals surface area contributed by atoms with Gasteiger partial charge in [0.05, 0.1) is 6.67 Å². The van der Waals surface area contributed by atoms with E-state index in [1.807, 2.05) is 0 Å². The highest BCUT2D eigenvalue weighted by Gasteiger charge is 2.13. The summed E-state index contributed by atoms with van der Waals surface area (Å²) in [5.74, 6) is 0. The molecule has 1 fully saturated rings. The maximum atomic E-state index is 2.31. The SMILES string of the molecule is CCN1[CH]N(C)CC1. The van der Waals surface area contributed by atoms with Gasteiger partial charge in [-0.05, 0) is 13.6 Å². The Kier molecular flexibility index (Phi) is 1.86. The van der Waals surface area contributed by atoms with Crippen LogP contribution < -0.4 is 0 Å². The van der Waals surface area contributed by atoms with E-state index in [2.05, 4.69) is 30.4 Å². The summed E-state index contributed by atoms with van der Waals surface area (Å²) in [5.41, 5.74) is 0. The number of hydrogen-bond acceptors (Lipinski definition) is 2. The fourth-order valence-electron chi connectivity index (χ4n) is 0.920. The minimum atomic E-state index is 1.14. The summed E-state index contributed by atoms with van der Waals surface area (Å²) in [6, 6.07) is 0. The molecule has 0 aromatic heterocycles. The average molecular weight is 113 g/mol. The van der Waals surface area contributed by atoms with Crippen LogP contribution in [0.15, 0.2) is 0 Å². The molecule has 1 saturated heterocycles. The van der Waals surface area contributed by atoms with Gasteiger partial charge in [0.25, 0.3) is 0 Å². The first-order chi connectivity index (χ1) is 3.83. The highest BCUT2D eigenvalue weighted by molar-refractivity contribution is 4.75. The maximum absolute atomic E-state index is 2.31. The molecular weight excluding hydrogens is 100 g/mol. The van der Waals surface area contributed by atoms with Gasteiger partial charge in [-0.3, -0.25) is 9.80 Å². The van der Waals surface area contributed by atoms with E-state index in [9.17, 15) is 0 Å². The topological polar surface area (TPSA) is 6.48 Å². The number of likely N-dealkylation sites (N-methyl/N-ethyl adjacent to an activating group) is 2. The van der Waals surface area contributed by atoms with Crippen LogP contribution in [-0.2, 0) is 0 Å². The molecule has 0 N–H and O–H groups in total. The molecule has 47 valence electrons. The van der Waals surface area contributed by atoms with Gasteiger partial charge >= 0.3 is 0 Å². The van der Waals surface area contributed by atoms with Gasteiger partial charge < -0.3 is 0 Å². The van der Waals surface area contributed by atoms with E-state index < -0.39 is 0 Å². The van der Waals surface area contributed by atoms with Gasteiger partial charge in [-0.25, -0.2) is 0 Å². The van der Waals surface area contributed by atoms with Gasteiger partial charge in [0, 0.05) is 13.1 Å². The lowest BCUT2D eigenvalue weighted by molar-refractivity contribution is 0.369. The van der Waals surface area contributed by atoms with Gasteiger partial charge in [-0.2, -0.15) is 0 Å². The van der Waals surface area contributed by atoms with Crippen molar-refractivity contribution in [1.82, 2.24) is 9.80 Å². The molecule has 8 heavy (non-hydrogen) atoms. The molecular formula is C6H13N2. The lowest BCUT2D eigenvalue weighted by Crippen LogP contribution is -2.16. The molecule has 0 bridgehead atoms. The van der Waals surface area contributed by atoms with E-state index in [1.54, 1.807) is 0 Å². The normalized spacial score (nSPS) is 24.8. The van der Waals surface area contributed by atoms with Gasteiger partial charge in [0.15, 0.2) is 0 Å². The molecule has 0 saturated carbocycles. The Morgan fingerprint density at radius 1 is 1.50 bits per heavy atom. The molecule has 0 aromatic rings. The van der Waals surface area contributed by atoms with E-state index >= 15 is 0 Å². The van der Waals surface area contributed by atoms with Crippen molar-refractivity contribution in [3.8, 4) is 0 Å². The number of rotatable bonds is 1. The Bertz CT molecular complexity index is 72.9. The van der Waals surface area contributed by atoms with Crippen molar-refractivity contribution >= 4 is 0 Å². The summed E-state index contributed by atoms with van der Waals surface area (Å²) in [6.45, 7) is 7.88. The molecule has 1 heterocycles. The van der Waals surface area contributed by atoms with E-state index in [-0.39, 0.29) is 0 Å². The first-order valence-corrected chi connectivity index (χ1v) is 3.12. The summed E-state index contributed by atoms with van der Waals surface area (Å²) in [4.78, 5) is 4.52. The lowest BCUT2D eigenvalue weighted by Gasteiger charge is -2.09. The predicted octanol–water partition coefficient (Wildman–Crippen LogP) is 0.373. The molecule has 2 nitrogen and oxygen atoms in total. The second-order valence-corrected chi connectivity index (χ2v) is 2.22. The summed E-state index contributed by atoms with van der Waals surface area (Å²) < 4.78 is 0. The van der Waals surface area contributed by atoms with Crippen LogP contribution in [0.2, 0.25) is 0 Å². The van der Waals surface area contributed by atoms with Gasteiger partial charge in [0.2, 0.25) is 0 Å². The van der Waals surface area contributed by atoms with Crippen LogP contribution in [0, 0.1) is 6.67 Å². The zero-order chi connectivity index (χ0) is 5.98. The van der Waals surface area contributed by atoms with Crippen LogP contribution in [0.25, 0.3) is 0 Å². The van der Waals surface area contributed by atoms with Crippen LogP contribution in [0.5, 0.6) is 0 Å². The second-order valence-electron chi connectivity index (χ2n) is 2.22. The number of nitrogens with zero attached hydrogens (tertiary/aromatic N) is 2. The smallest absolute Gasteiger partial charge is 0.0919 e. The standard InChI is InChI=1S/C6H13N2/c1-3-8-5-4-7(2)6-8/h6H,3-5H2,1-2H3. The molecule has 2 heteroatoms. The van der Waals surface area contributed by atoms with Crippen LogP contribution in [-0.4, -0.2) is 36.5 Å². The zero-order valence-electron chi connectivity index (χ0n) is 5.59. The second kappa shape index (κ2) is 2.46. The molecule has 0 atom stereocenters. The molecule has 0 amide bonds. The first-order valence-electron chi connectivity index (χ1n) is 3.12. The van der Waals surface area contributed by atoms with Crippen molar-refractivity contribution < 1.29 is 0 Å². The van der Waals surface area contributed by atoms with Crippen molar-refractivity contribution in [3.05, 3.63) is 6.67 Å².